The maximum Gasteiger partial charge on any atom is 0.299 e. The summed E-state index contributed by atoms with van der Waals surface area (Å²) in [5.41, 5.74) is 1.75. The van der Waals surface area contributed by atoms with Gasteiger partial charge in [0, 0.05) is 29.0 Å². The third-order valence-electron chi connectivity index (χ3n) is 3.07. The van der Waals surface area contributed by atoms with E-state index in [0.29, 0.717) is 21.0 Å². The third-order valence-corrected chi connectivity index (χ3v) is 4.42. The number of ether oxygens (including phenoxy) is 1. The van der Waals surface area contributed by atoms with Gasteiger partial charge in [-0.15, -0.1) is 5.10 Å². The van der Waals surface area contributed by atoms with Crippen LogP contribution in [0.1, 0.15) is 0 Å². The predicted molar refractivity (Wildman–Crippen MR) is 90.6 cm³/mol. The number of aromatic nitrogens is 4. The van der Waals surface area contributed by atoms with Gasteiger partial charge in [-0.1, -0.05) is 23.2 Å². The summed E-state index contributed by atoms with van der Waals surface area (Å²) in [6, 6.07) is 8.84. The van der Waals surface area contributed by atoms with Crippen LogP contribution < -0.4 is 4.74 Å². The van der Waals surface area contributed by atoms with E-state index in [1.165, 1.54) is 11.3 Å². The van der Waals surface area contributed by atoms with E-state index in [2.05, 4.69) is 15.1 Å². The molecule has 4 rings (SSSR count). The molecule has 114 valence electrons. The van der Waals surface area contributed by atoms with Crippen LogP contribution in [0.15, 0.2) is 48.9 Å². The van der Waals surface area contributed by atoms with Crippen LogP contribution in [0.25, 0.3) is 16.2 Å². The second-order valence-corrected chi connectivity index (χ2v) is 6.40. The number of benzene rings is 1. The maximum atomic E-state index is 6.09. The molecule has 0 aliphatic heterocycles. The first-order valence-corrected chi connectivity index (χ1v) is 8.16. The van der Waals surface area contributed by atoms with Crippen molar-refractivity contribution in [2.45, 2.75) is 0 Å². The summed E-state index contributed by atoms with van der Waals surface area (Å²) in [5.74, 6) is 0.462. The van der Waals surface area contributed by atoms with E-state index >= 15 is 0 Å². The van der Waals surface area contributed by atoms with Crippen molar-refractivity contribution in [2.24, 2.45) is 0 Å². The maximum absolute atomic E-state index is 6.09. The van der Waals surface area contributed by atoms with Gasteiger partial charge in [0.25, 0.3) is 5.19 Å². The van der Waals surface area contributed by atoms with Crippen molar-refractivity contribution in [3.05, 3.63) is 59.0 Å². The molecule has 0 aliphatic carbocycles. The molecule has 0 N–H and O–H groups in total. The molecule has 0 aliphatic rings. The fourth-order valence-electron chi connectivity index (χ4n) is 2.03. The minimum absolute atomic E-state index is 0.439. The van der Waals surface area contributed by atoms with Gasteiger partial charge in [0.2, 0.25) is 4.96 Å². The Morgan fingerprint density at radius 3 is 2.87 bits per heavy atom. The summed E-state index contributed by atoms with van der Waals surface area (Å²) in [7, 11) is 0. The van der Waals surface area contributed by atoms with Crippen LogP contribution in [0.4, 0.5) is 0 Å². The van der Waals surface area contributed by atoms with Crippen molar-refractivity contribution in [1.82, 2.24) is 19.6 Å². The lowest BCUT2D eigenvalue weighted by molar-refractivity contribution is 0.471. The molecule has 8 heteroatoms. The molecule has 0 bridgehead atoms. The molecule has 0 atom stereocenters. The highest BCUT2D eigenvalue weighted by Crippen LogP contribution is 2.34. The normalized spacial score (nSPS) is 11.0. The summed E-state index contributed by atoms with van der Waals surface area (Å²) >= 11 is 13.4. The van der Waals surface area contributed by atoms with Crippen molar-refractivity contribution in [2.75, 3.05) is 0 Å². The molecule has 0 saturated heterocycles. The number of imidazole rings is 1. The molecule has 0 fully saturated rings. The smallest absolute Gasteiger partial charge is 0.299 e. The number of hydrogen-bond acceptors (Lipinski definition) is 5. The van der Waals surface area contributed by atoms with Gasteiger partial charge in [-0.05, 0) is 35.6 Å². The quantitative estimate of drug-likeness (QED) is 0.517. The van der Waals surface area contributed by atoms with Crippen LogP contribution in [0, 0.1) is 0 Å². The van der Waals surface area contributed by atoms with Gasteiger partial charge in [0.15, 0.2) is 0 Å². The number of fused-ring (bicyclic) bond motifs is 1. The molecule has 3 heterocycles. The average molecular weight is 363 g/mol. The van der Waals surface area contributed by atoms with E-state index in [0.717, 1.165) is 16.2 Å². The lowest BCUT2D eigenvalue weighted by Crippen LogP contribution is -1.87. The predicted octanol–water partition coefficient (Wildman–Crippen LogP) is 4.95. The summed E-state index contributed by atoms with van der Waals surface area (Å²) in [5, 5.41) is 5.81. The van der Waals surface area contributed by atoms with Crippen LogP contribution in [-0.4, -0.2) is 19.6 Å². The zero-order chi connectivity index (χ0) is 15.8. The first-order chi connectivity index (χ1) is 11.2. The molecule has 0 amide bonds. The van der Waals surface area contributed by atoms with Gasteiger partial charge in [0.05, 0.1) is 16.9 Å². The SMILES string of the molecule is Clc1ccc(Cl)c(Oc2nn3cc(-c4cccnc4)nc3s2)c1. The van der Waals surface area contributed by atoms with Gasteiger partial charge in [-0.2, -0.15) is 0 Å². The first-order valence-electron chi connectivity index (χ1n) is 6.58. The Morgan fingerprint density at radius 2 is 2.09 bits per heavy atom. The van der Waals surface area contributed by atoms with Gasteiger partial charge in [-0.25, -0.2) is 9.50 Å². The molecule has 5 nitrogen and oxygen atoms in total. The van der Waals surface area contributed by atoms with Gasteiger partial charge >= 0.3 is 0 Å². The van der Waals surface area contributed by atoms with E-state index < -0.39 is 0 Å². The van der Waals surface area contributed by atoms with Crippen LogP contribution in [-0.2, 0) is 0 Å². The molecule has 0 unspecified atom stereocenters. The summed E-state index contributed by atoms with van der Waals surface area (Å²) < 4.78 is 7.36. The van der Waals surface area contributed by atoms with Crippen molar-refractivity contribution in [1.29, 1.82) is 0 Å². The second-order valence-electron chi connectivity index (χ2n) is 4.64. The van der Waals surface area contributed by atoms with Crippen LogP contribution in [0.3, 0.4) is 0 Å². The lowest BCUT2D eigenvalue weighted by Gasteiger charge is -2.03. The van der Waals surface area contributed by atoms with Crippen molar-refractivity contribution >= 4 is 39.5 Å². The molecule has 1 aromatic carbocycles. The minimum Gasteiger partial charge on any atom is -0.428 e. The zero-order valence-corrected chi connectivity index (χ0v) is 13.8. The second kappa shape index (κ2) is 5.81. The Hall–Kier alpha value is -2.15. The summed E-state index contributed by atoms with van der Waals surface area (Å²) in [6.45, 7) is 0. The fourth-order valence-corrected chi connectivity index (χ4v) is 3.09. The largest absolute Gasteiger partial charge is 0.428 e. The third kappa shape index (κ3) is 2.88. The monoisotopic (exact) mass is 362 g/mol. The Kier molecular flexibility index (Phi) is 3.65. The van der Waals surface area contributed by atoms with Crippen molar-refractivity contribution < 1.29 is 4.74 Å². The Morgan fingerprint density at radius 1 is 1.17 bits per heavy atom. The first kappa shape index (κ1) is 14.4. The van der Waals surface area contributed by atoms with E-state index in [9.17, 15) is 0 Å². The topological polar surface area (TPSA) is 52.3 Å². The highest BCUT2D eigenvalue weighted by Gasteiger charge is 2.12. The Balaban J connectivity index is 1.65. The lowest BCUT2D eigenvalue weighted by atomic mass is 10.2. The molecule has 0 saturated carbocycles. The Bertz CT molecular complexity index is 952. The zero-order valence-electron chi connectivity index (χ0n) is 11.5. The minimum atomic E-state index is 0.439. The standard InChI is InChI=1S/C15H8Cl2N4OS/c16-10-3-4-11(17)13(6-10)22-15-20-21-8-12(19-14(21)23-15)9-2-1-5-18-7-9/h1-8H. The molecule has 23 heavy (non-hydrogen) atoms. The van der Waals surface area contributed by atoms with E-state index in [1.807, 2.05) is 18.3 Å². The van der Waals surface area contributed by atoms with Crippen LogP contribution in [0.5, 0.6) is 10.9 Å². The summed E-state index contributed by atoms with van der Waals surface area (Å²) in [4.78, 5) is 9.33. The van der Waals surface area contributed by atoms with E-state index in [-0.39, 0.29) is 0 Å². The van der Waals surface area contributed by atoms with Crippen molar-refractivity contribution in [3.8, 4) is 22.2 Å². The van der Waals surface area contributed by atoms with Crippen LogP contribution in [0.2, 0.25) is 10.0 Å². The summed E-state index contributed by atoms with van der Waals surface area (Å²) in [6.07, 6.45) is 5.31. The molecule has 0 radical (unpaired) electrons. The van der Waals surface area contributed by atoms with Crippen molar-refractivity contribution in [3.63, 3.8) is 0 Å². The number of halogens is 2. The van der Waals surface area contributed by atoms with E-state index in [1.54, 1.807) is 35.1 Å². The van der Waals surface area contributed by atoms with Crippen LogP contribution >= 0.6 is 34.5 Å². The van der Waals surface area contributed by atoms with Gasteiger partial charge in [-0.3, -0.25) is 4.98 Å². The van der Waals surface area contributed by atoms with E-state index in [4.69, 9.17) is 27.9 Å². The molecular formula is C15H8Cl2N4OS. The van der Waals surface area contributed by atoms with Gasteiger partial charge < -0.3 is 4.74 Å². The average Bonchev–Trinajstić information content (AvgIpc) is 3.10. The number of rotatable bonds is 3. The molecule has 0 spiro atoms. The number of nitrogens with zero attached hydrogens (tertiary/aromatic N) is 4. The fraction of sp³-hybridized carbons (Fsp3) is 0. The van der Waals surface area contributed by atoms with Gasteiger partial charge in [0.1, 0.15) is 5.75 Å². The number of pyridine rings is 1. The highest BCUT2D eigenvalue weighted by atomic mass is 35.5. The Labute approximate surface area is 145 Å². The highest BCUT2D eigenvalue weighted by molar-refractivity contribution is 7.18. The molecular weight excluding hydrogens is 355 g/mol. The molecule has 3 aromatic heterocycles. The number of hydrogen-bond donors (Lipinski definition) is 0. The molecule has 4 aromatic rings.